The molecule has 3 N–H and O–H groups in total. The van der Waals surface area contributed by atoms with E-state index >= 15 is 0 Å². The highest BCUT2D eigenvalue weighted by molar-refractivity contribution is 5.75. The molecule has 0 atom stereocenters. The number of carboxylic acid groups (broad SMARTS) is 1. The van der Waals surface area contributed by atoms with Crippen LogP contribution in [0.3, 0.4) is 0 Å². The SMILES string of the molecule is CCC(OCO)(OCO)C(=O)O. The lowest BCUT2D eigenvalue weighted by Crippen LogP contribution is -2.44. The summed E-state index contributed by atoms with van der Waals surface area (Å²) in [7, 11) is 0. The lowest BCUT2D eigenvalue weighted by molar-refractivity contribution is -0.283. The van der Waals surface area contributed by atoms with Crippen molar-refractivity contribution in [3.63, 3.8) is 0 Å². The lowest BCUT2D eigenvalue weighted by atomic mass is 10.2. The Balaban J connectivity index is 4.39. The Morgan fingerprint density at radius 1 is 1.33 bits per heavy atom. The molecule has 0 aromatic rings. The van der Waals surface area contributed by atoms with Crippen LogP contribution in [0.1, 0.15) is 13.3 Å². The van der Waals surface area contributed by atoms with Gasteiger partial charge < -0.3 is 24.8 Å². The van der Waals surface area contributed by atoms with Gasteiger partial charge in [-0.1, -0.05) is 6.92 Å². The van der Waals surface area contributed by atoms with Crippen LogP contribution in [0.2, 0.25) is 0 Å². The number of carboxylic acids is 1. The molecule has 0 unspecified atom stereocenters. The molecule has 0 bridgehead atoms. The van der Waals surface area contributed by atoms with Crippen LogP contribution in [-0.4, -0.2) is 40.7 Å². The van der Waals surface area contributed by atoms with Crippen molar-refractivity contribution >= 4 is 5.97 Å². The number of carbonyl (C=O) groups is 1. The summed E-state index contributed by atoms with van der Waals surface area (Å²) in [6.07, 6.45) is -0.0105. The molecule has 6 nitrogen and oxygen atoms in total. The molecule has 0 rings (SSSR count). The Hall–Kier alpha value is -0.690. The number of rotatable bonds is 6. The van der Waals surface area contributed by atoms with Crippen molar-refractivity contribution in [1.29, 1.82) is 0 Å². The number of ether oxygens (including phenoxy) is 2. The monoisotopic (exact) mass is 180 g/mol. The van der Waals surface area contributed by atoms with E-state index in [1.807, 2.05) is 0 Å². The van der Waals surface area contributed by atoms with E-state index < -0.39 is 25.3 Å². The molecule has 0 saturated carbocycles. The topological polar surface area (TPSA) is 96.2 Å². The fourth-order valence-electron chi connectivity index (χ4n) is 0.729. The van der Waals surface area contributed by atoms with Crippen molar-refractivity contribution in [1.82, 2.24) is 0 Å². The number of aliphatic hydroxyl groups is 2. The van der Waals surface area contributed by atoms with Crippen LogP contribution in [0.4, 0.5) is 0 Å². The molecular weight excluding hydrogens is 168 g/mol. The first-order valence-corrected chi connectivity index (χ1v) is 3.36. The van der Waals surface area contributed by atoms with E-state index in [0.717, 1.165) is 0 Å². The fourth-order valence-corrected chi connectivity index (χ4v) is 0.729. The van der Waals surface area contributed by atoms with E-state index in [4.69, 9.17) is 15.3 Å². The molecule has 0 amide bonds. The molecule has 0 radical (unpaired) electrons. The van der Waals surface area contributed by atoms with Crippen LogP contribution in [0.15, 0.2) is 0 Å². The second kappa shape index (κ2) is 5.04. The van der Waals surface area contributed by atoms with Gasteiger partial charge in [0.15, 0.2) is 0 Å². The van der Waals surface area contributed by atoms with Crippen molar-refractivity contribution in [3.8, 4) is 0 Å². The maximum absolute atomic E-state index is 10.6. The van der Waals surface area contributed by atoms with Crippen LogP contribution < -0.4 is 0 Å². The largest absolute Gasteiger partial charge is 0.477 e. The third-order valence-corrected chi connectivity index (χ3v) is 1.39. The molecule has 0 spiro atoms. The first-order valence-electron chi connectivity index (χ1n) is 3.36. The third kappa shape index (κ3) is 2.42. The molecule has 72 valence electrons. The van der Waals surface area contributed by atoms with Crippen molar-refractivity contribution in [3.05, 3.63) is 0 Å². The fraction of sp³-hybridized carbons (Fsp3) is 0.833. The predicted octanol–water partition coefficient (Wildman–Crippen LogP) is -0.890. The zero-order valence-electron chi connectivity index (χ0n) is 6.69. The zero-order valence-corrected chi connectivity index (χ0v) is 6.69. The second-order valence-electron chi connectivity index (χ2n) is 1.96. The smallest absolute Gasteiger partial charge is 0.364 e. The Kier molecular flexibility index (Phi) is 4.75. The van der Waals surface area contributed by atoms with Crippen molar-refractivity contribution in [2.75, 3.05) is 13.6 Å². The summed E-state index contributed by atoms with van der Waals surface area (Å²) in [6, 6.07) is 0. The Bertz CT molecular complexity index is 139. The first-order chi connectivity index (χ1) is 5.63. The predicted molar refractivity (Wildman–Crippen MR) is 37.0 cm³/mol. The molecule has 12 heavy (non-hydrogen) atoms. The van der Waals surface area contributed by atoms with Gasteiger partial charge >= 0.3 is 5.97 Å². The quantitative estimate of drug-likeness (QED) is 0.459. The highest BCUT2D eigenvalue weighted by Crippen LogP contribution is 2.17. The number of hydrogen-bond donors (Lipinski definition) is 3. The van der Waals surface area contributed by atoms with E-state index in [1.165, 1.54) is 6.92 Å². The van der Waals surface area contributed by atoms with E-state index in [1.54, 1.807) is 0 Å². The highest BCUT2D eigenvalue weighted by Gasteiger charge is 2.39. The van der Waals surface area contributed by atoms with Gasteiger partial charge in [0.2, 0.25) is 0 Å². The molecule has 0 aliphatic heterocycles. The van der Waals surface area contributed by atoms with Crippen LogP contribution in [0.5, 0.6) is 0 Å². The molecule has 0 aliphatic carbocycles. The summed E-state index contributed by atoms with van der Waals surface area (Å²) in [5, 5.41) is 25.3. The molecular formula is C6H12O6. The Labute approximate surface area is 69.3 Å². The molecule has 0 aliphatic rings. The molecule has 0 fully saturated rings. The summed E-state index contributed by atoms with van der Waals surface area (Å²) in [6.45, 7) is -0.0558. The maximum atomic E-state index is 10.6. The Morgan fingerprint density at radius 3 is 1.92 bits per heavy atom. The minimum atomic E-state index is -1.94. The normalized spacial score (nSPS) is 11.6. The number of aliphatic carboxylic acids is 1. The van der Waals surface area contributed by atoms with E-state index in [9.17, 15) is 4.79 Å². The number of aliphatic hydroxyl groups excluding tert-OH is 2. The van der Waals surface area contributed by atoms with Gasteiger partial charge in [-0.25, -0.2) is 4.79 Å². The summed E-state index contributed by atoms with van der Waals surface area (Å²) in [5.41, 5.74) is 0. The summed E-state index contributed by atoms with van der Waals surface area (Å²) in [5.74, 6) is -3.32. The maximum Gasteiger partial charge on any atom is 0.364 e. The van der Waals surface area contributed by atoms with Crippen LogP contribution in [-0.2, 0) is 14.3 Å². The molecule has 0 aromatic carbocycles. The average Bonchev–Trinajstić information content (AvgIpc) is 2.03. The second-order valence-corrected chi connectivity index (χ2v) is 1.96. The lowest BCUT2D eigenvalue weighted by Gasteiger charge is -2.25. The standard InChI is InChI=1S/C6H12O6/c1-2-6(5(9)10,11-3-7)12-4-8/h7-8H,2-4H2,1H3,(H,9,10). The minimum absolute atomic E-state index is 0.0105. The van der Waals surface area contributed by atoms with Crippen LogP contribution in [0, 0.1) is 0 Å². The van der Waals surface area contributed by atoms with Gasteiger partial charge in [-0.05, 0) is 0 Å². The van der Waals surface area contributed by atoms with Gasteiger partial charge in [-0.15, -0.1) is 0 Å². The summed E-state index contributed by atoms with van der Waals surface area (Å²) < 4.78 is 8.91. The van der Waals surface area contributed by atoms with Gasteiger partial charge in [-0.2, -0.15) is 0 Å². The molecule has 0 saturated heterocycles. The molecule has 0 aromatic heterocycles. The summed E-state index contributed by atoms with van der Waals surface area (Å²) in [4.78, 5) is 10.6. The van der Waals surface area contributed by atoms with Gasteiger partial charge in [0.05, 0.1) is 0 Å². The van der Waals surface area contributed by atoms with E-state index in [2.05, 4.69) is 9.47 Å². The van der Waals surface area contributed by atoms with Crippen LogP contribution in [0.25, 0.3) is 0 Å². The average molecular weight is 180 g/mol. The van der Waals surface area contributed by atoms with E-state index in [0.29, 0.717) is 0 Å². The summed E-state index contributed by atoms with van der Waals surface area (Å²) >= 11 is 0. The minimum Gasteiger partial charge on any atom is -0.477 e. The zero-order chi connectivity index (χ0) is 9.61. The number of hydrogen-bond acceptors (Lipinski definition) is 5. The van der Waals surface area contributed by atoms with Gasteiger partial charge in [0.25, 0.3) is 5.79 Å². The van der Waals surface area contributed by atoms with Gasteiger partial charge in [-0.3, -0.25) is 0 Å². The van der Waals surface area contributed by atoms with Crippen molar-refractivity contribution in [2.24, 2.45) is 0 Å². The highest BCUT2D eigenvalue weighted by atomic mass is 16.8. The Morgan fingerprint density at radius 2 is 1.75 bits per heavy atom. The van der Waals surface area contributed by atoms with Crippen LogP contribution >= 0.6 is 0 Å². The van der Waals surface area contributed by atoms with E-state index in [-0.39, 0.29) is 6.42 Å². The molecule has 0 heterocycles. The third-order valence-electron chi connectivity index (χ3n) is 1.39. The van der Waals surface area contributed by atoms with Gasteiger partial charge in [0, 0.05) is 6.42 Å². The van der Waals surface area contributed by atoms with Crippen molar-refractivity contribution in [2.45, 2.75) is 19.1 Å². The first kappa shape index (κ1) is 11.3. The van der Waals surface area contributed by atoms with Gasteiger partial charge in [0.1, 0.15) is 13.6 Å². The van der Waals surface area contributed by atoms with Crippen molar-refractivity contribution < 1.29 is 29.6 Å². The molecule has 6 heteroatoms.